The Hall–Kier alpha value is -1.43. The van der Waals surface area contributed by atoms with Crippen molar-refractivity contribution in [3.05, 3.63) is 35.2 Å². The molecule has 0 aliphatic carbocycles. The summed E-state index contributed by atoms with van der Waals surface area (Å²) in [5, 5.41) is 8.04. The van der Waals surface area contributed by atoms with Crippen molar-refractivity contribution >= 4 is 11.6 Å². The van der Waals surface area contributed by atoms with Crippen molar-refractivity contribution in [2.24, 2.45) is 0 Å². The molecule has 0 atom stereocenters. The zero-order chi connectivity index (χ0) is 14.7. The van der Waals surface area contributed by atoms with Gasteiger partial charge in [-0.15, -0.1) is 0 Å². The molecule has 1 aromatic carbocycles. The number of hydrogen-bond donors (Lipinski definition) is 1. The molecule has 1 aliphatic heterocycles. The maximum absolute atomic E-state index is 5.98. The third kappa shape index (κ3) is 3.61. The fraction of sp³-hybridized carbons (Fsp3) is 0.467. The Morgan fingerprint density at radius 2 is 2.19 bits per heavy atom. The normalized spacial score (nSPS) is 17.2. The van der Waals surface area contributed by atoms with Gasteiger partial charge in [-0.1, -0.05) is 28.9 Å². The Morgan fingerprint density at radius 3 is 2.90 bits per heavy atom. The maximum Gasteiger partial charge on any atom is 0.241 e. The molecule has 0 spiro atoms. The molecule has 21 heavy (non-hydrogen) atoms. The van der Waals surface area contributed by atoms with E-state index >= 15 is 0 Å². The smallest absolute Gasteiger partial charge is 0.241 e. The highest BCUT2D eigenvalue weighted by molar-refractivity contribution is 6.30. The Bertz CT molecular complexity index is 593. The van der Waals surface area contributed by atoms with Gasteiger partial charge in [0.2, 0.25) is 11.7 Å². The lowest BCUT2D eigenvalue weighted by atomic mass is 10.1. The first-order valence-corrected chi connectivity index (χ1v) is 7.60. The Balaban J connectivity index is 1.63. The number of piperidine rings is 1. The van der Waals surface area contributed by atoms with Gasteiger partial charge < -0.3 is 9.84 Å². The van der Waals surface area contributed by atoms with Crippen molar-refractivity contribution in [1.82, 2.24) is 20.4 Å². The predicted molar refractivity (Wildman–Crippen MR) is 82.1 cm³/mol. The molecule has 1 aliphatic rings. The second kappa shape index (κ2) is 6.56. The van der Waals surface area contributed by atoms with Crippen LogP contribution in [0.25, 0.3) is 11.4 Å². The van der Waals surface area contributed by atoms with Crippen molar-refractivity contribution in [2.75, 3.05) is 20.1 Å². The van der Waals surface area contributed by atoms with Crippen LogP contribution in [0.1, 0.15) is 18.7 Å². The molecule has 0 unspecified atom stereocenters. The zero-order valence-electron chi connectivity index (χ0n) is 12.1. The van der Waals surface area contributed by atoms with Gasteiger partial charge in [0.25, 0.3) is 0 Å². The summed E-state index contributed by atoms with van der Waals surface area (Å²) < 4.78 is 5.35. The predicted octanol–water partition coefficient (Wildman–Crippen LogP) is 2.57. The molecule has 1 fully saturated rings. The monoisotopic (exact) mass is 306 g/mol. The van der Waals surface area contributed by atoms with E-state index in [1.165, 1.54) is 0 Å². The summed E-state index contributed by atoms with van der Waals surface area (Å²) in [6.07, 6.45) is 2.32. The first-order chi connectivity index (χ1) is 10.2. The van der Waals surface area contributed by atoms with E-state index in [-0.39, 0.29) is 0 Å². The van der Waals surface area contributed by atoms with Crippen LogP contribution in [0.5, 0.6) is 0 Å². The molecular formula is C15H19ClN4O. The molecule has 0 radical (unpaired) electrons. The molecule has 1 aromatic heterocycles. The highest BCUT2D eigenvalue weighted by Gasteiger charge is 2.20. The lowest BCUT2D eigenvalue weighted by molar-refractivity contribution is 0.173. The summed E-state index contributed by atoms with van der Waals surface area (Å²) in [7, 11) is 2.02. The number of nitrogens with zero attached hydrogens (tertiary/aromatic N) is 3. The minimum absolute atomic E-state index is 0.595. The summed E-state index contributed by atoms with van der Waals surface area (Å²) in [4.78, 5) is 6.81. The van der Waals surface area contributed by atoms with Crippen molar-refractivity contribution in [3.8, 4) is 11.4 Å². The average Bonchev–Trinajstić information content (AvgIpc) is 2.97. The largest absolute Gasteiger partial charge is 0.338 e. The minimum atomic E-state index is 0.595. The number of halogens is 1. The first-order valence-electron chi connectivity index (χ1n) is 7.23. The van der Waals surface area contributed by atoms with E-state index < -0.39 is 0 Å². The third-order valence-corrected chi connectivity index (χ3v) is 4.14. The van der Waals surface area contributed by atoms with Crippen LogP contribution in [0.2, 0.25) is 5.02 Å². The van der Waals surface area contributed by atoms with Crippen LogP contribution in [-0.2, 0) is 6.54 Å². The molecule has 2 aromatic rings. The highest BCUT2D eigenvalue weighted by Crippen LogP contribution is 2.20. The number of likely N-dealkylation sites (tertiary alicyclic amines) is 1. The standard InChI is InChI=1S/C15H19ClN4O/c1-17-13-5-7-20(8-6-13)10-14-18-15(19-21-14)11-3-2-4-12(16)9-11/h2-4,9,13,17H,5-8,10H2,1H3. The van der Waals surface area contributed by atoms with Crippen LogP contribution in [0.4, 0.5) is 0 Å². The summed E-state index contributed by atoms with van der Waals surface area (Å²) in [6.45, 7) is 2.82. The van der Waals surface area contributed by atoms with E-state index in [4.69, 9.17) is 16.1 Å². The Kier molecular flexibility index (Phi) is 4.53. The van der Waals surface area contributed by atoms with E-state index in [9.17, 15) is 0 Å². The van der Waals surface area contributed by atoms with Gasteiger partial charge in [-0.25, -0.2) is 0 Å². The summed E-state index contributed by atoms with van der Waals surface area (Å²) in [5.41, 5.74) is 0.881. The van der Waals surface area contributed by atoms with E-state index in [1.54, 1.807) is 0 Å². The molecule has 112 valence electrons. The van der Waals surface area contributed by atoms with Crippen LogP contribution < -0.4 is 5.32 Å². The van der Waals surface area contributed by atoms with E-state index in [1.807, 2.05) is 31.3 Å². The number of benzene rings is 1. The molecule has 2 heterocycles. The Labute approximate surface area is 129 Å². The molecule has 1 saturated heterocycles. The summed E-state index contributed by atoms with van der Waals surface area (Å²) in [6, 6.07) is 8.12. The molecule has 0 bridgehead atoms. The van der Waals surface area contributed by atoms with E-state index in [0.717, 1.165) is 31.5 Å². The van der Waals surface area contributed by atoms with Crippen LogP contribution in [0, 0.1) is 0 Å². The van der Waals surface area contributed by atoms with E-state index in [0.29, 0.717) is 29.3 Å². The van der Waals surface area contributed by atoms with Gasteiger partial charge in [0.15, 0.2) is 0 Å². The lowest BCUT2D eigenvalue weighted by Gasteiger charge is -2.30. The van der Waals surface area contributed by atoms with Gasteiger partial charge in [-0.05, 0) is 32.0 Å². The average molecular weight is 307 g/mol. The number of rotatable bonds is 4. The minimum Gasteiger partial charge on any atom is -0.338 e. The maximum atomic E-state index is 5.98. The SMILES string of the molecule is CNC1CCN(Cc2nc(-c3cccc(Cl)c3)no2)CC1. The van der Waals surface area contributed by atoms with Crippen molar-refractivity contribution < 1.29 is 4.52 Å². The van der Waals surface area contributed by atoms with Crippen LogP contribution in [-0.4, -0.2) is 41.2 Å². The molecule has 5 nitrogen and oxygen atoms in total. The van der Waals surface area contributed by atoms with Gasteiger partial charge in [0.05, 0.1) is 6.54 Å². The van der Waals surface area contributed by atoms with Crippen molar-refractivity contribution in [1.29, 1.82) is 0 Å². The van der Waals surface area contributed by atoms with Crippen molar-refractivity contribution in [2.45, 2.75) is 25.4 Å². The number of nitrogens with one attached hydrogen (secondary N) is 1. The molecular weight excluding hydrogens is 288 g/mol. The zero-order valence-corrected chi connectivity index (χ0v) is 12.8. The van der Waals surface area contributed by atoms with E-state index in [2.05, 4.69) is 20.4 Å². The van der Waals surface area contributed by atoms with Gasteiger partial charge in [0.1, 0.15) is 0 Å². The lowest BCUT2D eigenvalue weighted by Crippen LogP contribution is -2.40. The van der Waals surface area contributed by atoms with Gasteiger partial charge in [-0.3, -0.25) is 4.90 Å². The van der Waals surface area contributed by atoms with Crippen LogP contribution in [0.15, 0.2) is 28.8 Å². The molecule has 0 amide bonds. The highest BCUT2D eigenvalue weighted by atomic mass is 35.5. The molecule has 0 saturated carbocycles. The second-order valence-corrected chi connectivity index (χ2v) is 5.80. The fourth-order valence-corrected chi connectivity index (χ4v) is 2.83. The molecule has 1 N–H and O–H groups in total. The molecule has 6 heteroatoms. The topological polar surface area (TPSA) is 54.2 Å². The first kappa shape index (κ1) is 14.5. The van der Waals surface area contributed by atoms with Crippen LogP contribution in [0.3, 0.4) is 0 Å². The van der Waals surface area contributed by atoms with Gasteiger partial charge in [0, 0.05) is 29.7 Å². The number of aromatic nitrogens is 2. The quantitative estimate of drug-likeness (QED) is 0.941. The third-order valence-electron chi connectivity index (χ3n) is 3.91. The second-order valence-electron chi connectivity index (χ2n) is 5.36. The van der Waals surface area contributed by atoms with Gasteiger partial charge >= 0.3 is 0 Å². The summed E-state index contributed by atoms with van der Waals surface area (Å²) in [5.74, 6) is 1.26. The Morgan fingerprint density at radius 1 is 1.38 bits per heavy atom. The molecule has 3 rings (SSSR count). The van der Waals surface area contributed by atoms with Gasteiger partial charge in [-0.2, -0.15) is 4.98 Å². The summed E-state index contributed by atoms with van der Waals surface area (Å²) >= 11 is 5.98. The van der Waals surface area contributed by atoms with Crippen LogP contribution >= 0.6 is 11.6 Å². The fourth-order valence-electron chi connectivity index (χ4n) is 2.63. The number of hydrogen-bond acceptors (Lipinski definition) is 5. The van der Waals surface area contributed by atoms with Crippen molar-refractivity contribution in [3.63, 3.8) is 0 Å².